The number of carboxylic acid groups (broad SMARTS) is 1. The second kappa shape index (κ2) is 5.56. The zero-order valence-electron chi connectivity index (χ0n) is 10.7. The van der Waals surface area contributed by atoms with E-state index in [4.69, 9.17) is 9.84 Å². The lowest BCUT2D eigenvalue weighted by atomic mass is 10.2. The van der Waals surface area contributed by atoms with Gasteiger partial charge in [0.15, 0.2) is 5.56 Å². The zero-order valence-corrected chi connectivity index (χ0v) is 10.7. The van der Waals surface area contributed by atoms with Crippen molar-refractivity contribution in [3.05, 3.63) is 58.3 Å². The minimum Gasteiger partial charge on any atom is -0.493 e. The van der Waals surface area contributed by atoms with Gasteiger partial charge in [-0.3, -0.25) is 9.36 Å². The van der Waals surface area contributed by atoms with Gasteiger partial charge in [-0.1, -0.05) is 6.07 Å². The maximum atomic E-state index is 13.2. The minimum absolute atomic E-state index is 0.00217. The molecule has 0 unspecified atom stereocenters. The maximum absolute atomic E-state index is 13.2. The Morgan fingerprint density at radius 3 is 2.75 bits per heavy atom. The van der Waals surface area contributed by atoms with E-state index in [-0.39, 0.29) is 18.0 Å². The molecule has 1 aromatic carbocycles. The molecule has 0 fully saturated rings. The molecule has 5 nitrogen and oxygen atoms in total. The molecule has 1 N–H and O–H groups in total. The average molecular weight is 277 g/mol. The highest BCUT2D eigenvalue weighted by Gasteiger charge is 2.18. The van der Waals surface area contributed by atoms with Crippen LogP contribution >= 0.6 is 0 Å². The number of hydrogen-bond acceptors (Lipinski definition) is 3. The first-order valence-electron chi connectivity index (χ1n) is 5.92. The standard InChI is InChI=1S/C14H12FNO4/c1-2-20-11-6-7-16(13(17)12(11)14(18)19)10-5-3-4-9(15)8-10/h3-8H,2H2,1H3,(H,18,19). The molecular formula is C14H12FNO4. The highest BCUT2D eigenvalue weighted by molar-refractivity contribution is 5.90. The Morgan fingerprint density at radius 2 is 2.15 bits per heavy atom. The molecule has 1 heterocycles. The smallest absolute Gasteiger partial charge is 0.345 e. The summed E-state index contributed by atoms with van der Waals surface area (Å²) in [5.41, 5.74) is -0.992. The van der Waals surface area contributed by atoms with Crippen LogP contribution in [0.25, 0.3) is 5.69 Å². The summed E-state index contributed by atoms with van der Waals surface area (Å²) in [5, 5.41) is 9.13. The number of halogens is 1. The minimum atomic E-state index is -1.38. The predicted octanol–water partition coefficient (Wildman–Crippen LogP) is 2.07. The van der Waals surface area contributed by atoms with Gasteiger partial charge in [0.2, 0.25) is 0 Å². The first-order valence-corrected chi connectivity index (χ1v) is 5.92. The Kier molecular flexibility index (Phi) is 3.84. The van der Waals surface area contributed by atoms with Gasteiger partial charge in [-0.25, -0.2) is 9.18 Å². The summed E-state index contributed by atoms with van der Waals surface area (Å²) in [4.78, 5) is 23.4. The van der Waals surface area contributed by atoms with Gasteiger partial charge in [0.05, 0.1) is 12.3 Å². The Bertz CT molecular complexity index is 709. The maximum Gasteiger partial charge on any atom is 0.345 e. The van der Waals surface area contributed by atoms with Gasteiger partial charge < -0.3 is 9.84 Å². The van der Waals surface area contributed by atoms with Crippen molar-refractivity contribution in [2.75, 3.05) is 6.61 Å². The summed E-state index contributed by atoms with van der Waals surface area (Å²) < 4.78 is 19.4. The van der Waals surface area contributed by atoms with E-state index in [9.17, 15) is 14.0 Å². The molecule has 0 aliphatic heterocycles. The van der Waals surface area contributed by atoms with Crippen LogP contribution in [0.4, 0.5) is 4.39 Å². The number of benzene rings is 1. The molecule has 2 aromatic rings. The van der Waals surface area contributed by atoms with Gasteiger partial charge in [-0.2, -0.15) is 0 Å². The van der Waals surface area contributed by atoms with Crippen LogP contribution in [-0.4, -0.2) is 22.2 Å². The number of hydrogen-bond donors (Lipinski definition) is 1. The van der Waals surface area contributed by atoms with Gasteiger partial charge in [0.25, 0.3) is 5.56 Å². The van der Waals surface area contributed by atoms with Gasteiger partial charge in [-0.15, -0.1) is 0 Å². The van der Waals surface area contributed by atoms with Crippen LogP contribution in [0.5, 0.6) is 5.75 Å². The molecule has 20 heavy (non-hydrogen) atoms. The zero-order chi connectivity index (χ0) is 14.7. The van der Waals surface area contributed by atoms with Crippen molar-refractivity contribution in [2.45, 2.75) is 6.92 Å². The Morgan fingerprint density at radius 1 is 1.40 bits per heavy atom. The quantitative estimate of drug-likeness (QED) is 0.929. The summed E-state index contributed by atoms with van der Waals surface area (Å²) in [6.07, 6.45) is 1.36. The van der Waals surface area contributed by atoms with Gasteiger partial charge in [0.1, 0.15) is 11.6 Å². The lowest BCUT2D eigenvalue weighted by Gasteiger charge is -2.11. The van der Waals surface area contributed by atoms with E-state index >= 15 is 0 Å². The second-order valence-corrected chi connectivity index (χ2v) is 3.95. The molecule has 0 radical (unpaired) electrons. The van der Waals surface area contributed by atoms with Crippen molar-refractivity contribution in [2.24, 2.45) is 0 Å². The Hall–Kier alpha value is -2.63. The van der Waals surface area contributed by atoms with Crippen LogP contribution in [-0.2, 0) is 0 Å². The summed E-state index contributed by atoms with van der Waals surface area (Å²) in [7, 11) is 0. The lowest BCUT2D eigenvalue weighted by Crippen LogP contribution is -2.25. The third-order valence-electron chi connectivity index (χ3n) is 2.65. The fourth-order valence-corrected chi connectivity index (χ4v) is 1.82. The number of pyridine rings is 1. The molecule has 6 heteroatoms. The topological polar surface area (TPSA) is 68.5 Å². The molecule has 2 rings (SSSR count). The monoisotopic (exact) mass is 277 g/mol. The van der Waals surface area contributed by atoms with Gasteiger partial charge >= 0.3 is 5.97 Å². The molecule has 0 spiro atoms. The largest absolute Gasteiger partial charge is 0.493 e. The van der Waals surface area contributed by atoms with Crippen molar-refractivity contribution in [1.82, 2.24) is 4.57 Å². The summed E-state index contributed by atoms with van der Waals surface area (Å²) in [5.74, 6) is -1.90. The SMILES string of the molecule is CCOc1ccn(-c2cccc(F)c2)c(=O)c1C(=O)O. The van der Waals surface area contributed by atoms with Crippen molar-refractivity contribution in [3.8, 4) is 11.4 Å². The van der Waals surface area contributed by atoms with Gasteiger partial charge in [0, 0.05) is 6.20 Å². The number of rotatable bonds is 4. The Balaban J connectivity index is 2.65. The number of aromatic nitrogens is 1. The summed E-state index contributed by atoms with van der Waals surface area (Å²) in [6.45, 7) is 1.92. The normalized spacial score (nSPS) is 10.3. The third kappa shape index (κ3) is 2.54. The fourth-order valence-electron chi connectivity index (χ4n) is 1.82. The molecule has 0 aliphatic carbocycles. The molecule has 0 aliphatic rings. The van der Waals surface area contributed by atoms with Crippen molar-refractivity contribution < 1.29 is 19.0 Å². The molecule has 1 aromatic heterocycles. The number of aromatic carboxylic acids is 1. The van der Waals surface area contributed by atoms with Crippen molar-refractivity contribution in [1.29, 1.82) is 0 Å². The van der Waals surface area contributed by atoms with E-state index < -0.39 is 22.9 Å². The van der Waals surface area contributed by atoms with E-state index in [1.807, 2.05) is 0 Å². The highest BCUT2D eigenvalue weighted by atomic mass is 19.1. The van der Waals surface area contributed by atoms with Crippen LogP contribution in [0.1, 0.15) is 17.3 Å². The molecule has 0 atom stereocenters. The Labute approximate surface area is 113 Å². The highest BCUT2D eigenvalue weighted by Crippen LogP contribution is 2.16. The number of ether oxygens (including phenoxy) is 1. The van der Waals surface area contributed by atoms with Crippen LogP contribution in [0.3, 0.4) is 0 Å². The molecule has 0 saturated heterocycles. The molecule has 0 saturated carbocycles. The summed E-state index contributed by atoms with van der Waals surface area (Å²) in [6, 6.07) is 6.71. The van der Waals surface area contributed by atoms with Crippen LogP contribution < -0.4 is 10.3 Å². The van der Waals surface area contributed by atoms with E-state index in [0.717, 1.165) is 10.6 Å². The second-order valence-electron chi connectivity index (χ2n) is 3.95. The molecule has 0 bridgehead atoms. The van der Waals surface area contributed by atoms with Gasteiger partial charge in [-0.05, 0) is 31.2 Å². The first kappa shape index (κ1) is 13.8. The van der Waals surface area contributed by atoms with E-state index in [1.54, 1.807) is 6.92 Å². The van der Waals surface area contributed by atoms with Crippen LogP contribution in [0, 0.1) is 5.82 Å². The van der Waals surface area contributed by atoms with Crippen molar-refractivity contribution >= 4 is 5.97 Å². The van der Waals surface area contributed by atoms with Crippen LogP contribution in [0.2, 0.25) is 0 Å². The average Bonchev–Trinajstić information content (AvgIpc) is 2.38. The molecular weight excluding hydrogens is 265 g/mol. The van der Waals surface area contributed by atoms with E-state index in [0.29, 0.717) is 0 Å². The van der Waals surface area contributed by atoms with E-state index in [2.05, 4.69) is 0 Å². The summed E-state index contributed by atoms with van der Waals surface area (Å²) >= 11 is 0. The number of carbonyl (C=O) groups is 1. The molecule has 104 valence electrons. The lowest BCUT2D eigenvalue weighted by molar-refractivity contribution is 0.0690. The third-order valence-corrected chi connectivity index (χ3v) is 2.65. The first-order chi connectivity index (χ1) is 9.54. The van der Waals surface area contributed by atoms with E-state index in [1.165, 1.54) is 30.5 Å². The van der Waals surface area contributed by atoms with Crippen LogP contribution in [0.15, 0.2) is 41.3 Å². The fraction of sp³-hybridized carbons (Fsp3) is 0.143. The number of nitrogens with zero attached hydrogens (tertiary/aromatic N) is 1. The van der Waals surface area contributed by atoms with Crippen molar-refractivity contribution in [3.63, 3.8) is 0 Å². The number of carboxylic acids is 1. The molecule has 0 amide bonds. The predicted molar refractivity (Wildman–Crippen MR) is 70.1 cm³/mol.